The van der Waals surface area contributed by atoms with Crippen LogP contribution >= 0.6 is 0 Å². The molecule has 3 unspecified atom stereocenters. The molecule has 3 atom stereocenters. The van der Waals surface area contributed by atoms with Gasteiger partial charge in [0, 0.05) is 0 Å². The van der Waals surface area contributed by atoms with Gasteiger partial charge in [-0.3, -0.25) is 4.79 Å². The Hall–Kier alpha value is -1.09. The Morgan fingerprint density at radius 3 is 2.67 bits per heavy atom. The molecule has 3 N–H and O–H groups in total. The minimum absolute atomic E-state index is 0.0859. The second-order valence-corrected chi connectivity index (χ2v) is 5.11. The van der Waals surface area contributed by atoms with E-state index >= 15 is 0 Å². The lowest BCUT2D eigenvalue weighted by atomic mass is 9.71. The maximum Gasteiger partial charge on any atom is 0.227 e. The van der Waals surface area contributed by atoms with Crippen molar-refractivity contribution in [3.8, 4) is 0 Å². The zero-order valence-electron chi connectivity index (χ0n) is 11.4. The summed E-state index contributed by atoms with van der Waals surface area (Å²) in [6, 6.07) is 0. The fourth-order valence-corrected chi connectivity index (χ4v) is 2.76. The second kappa shape index (κ2) is 6.74. The molecule has 0 aromatic rings. The maximum atomic E-state index is 11.5. The lowest BCUT2D eigenvalue weighted by Crippen LogP contribution is -2.49. The summed E-state index contributed by atoms with van der Waals surface area (Å²) < 4.78 is 0. The highest BCUT2D eigenvalue weighted by molar-refractivity contribution is 5.81. The van der Waals surface area contributed by atoms with Gasteiger partial charge in [0.25, 0.3) is 0 Å². The number of hydrogen-bond acceptors (Lipinski definition) is 2. The van der Waals surface area contributed by atoms with Gasteiger partial charge in [-0.1, -0.05) is 63.8 Å². The molecule has 0 spiro atoms. The molecule has 1 rings (SSSR count). The summed E-state index contributed by atoms with van der Waals surface area (Å²) in [6.07, 6.45) is 12.2. The molecule has 102 valence electrons. The van der Waals surface area contributed by atoms with Gasteiger partial charge in [0.15, 0.2) is 0 Å². The topological polar surface area (TPSA) is 63.3 Å². The first-order valence-corrected chi connectivity index (χ1v) is 6.94. The van der Waals surface area contributed by atoms with Crippen LogP contribution < -0.4 is 5.73 Å². The summed E-state index contributed by atoms with van der Waals surface area (Å²) in [5.74, 6) is -0.969. The van der Waals surface area contributed by atoms with Gasteiger partial charge in [0.05, 0.1) is 5.92 Å². The first-order chi connectivity index (χ1) is 8.56. The quantitative estimate of drug-likeness (QED) is 0.683. The average Bonchev–Trinajstić information content (AvgIpc) is 2.34. The number of rotatable bonds is 7. The lowest BCUT2D eigenvalue weighted by molar-refractivity contribution is -0.128. The van der Waals surface area contributed by atoms with Crippen LogP contribution in [-0.2, 0) is 4.79 Å². The van der Waals surface area contributed by atoms with Crippen LogP contribution in [0, 0.1) is 11.8 Å². The van der Waals surface area contributed by atoms with E-state index in [1.54, 1.807) is 18.2 Å². The number of amides is 1. The van der Waals surface area contributed by atoms with Gasteiger partial charge in [-0.2, -0.15) is 0 Å². The zero-order valence-corrected chi connectivity index (χ0v) is 11.4. The van der Waals surface area contributed by atoms with Crippen LogP contribution in [0.5, 0.6) is 0 Å². The highest BCUT2D eigenvalue weighted by Gasteiger charge is 2.43. The fourth-order valence-electron chi connectivity index (χ4n) is 2.76. The minimum Gasteiger partial charge on any atom is -0.384 e. The van der Waals surface area contributed by atoms with Gasteiger partial charge in [-0.05, 0) is 12.3 Å². The molecule has 18 heavy (non-hydrogen) atoms. The van der Waals surface area contributed by atoms with E-state index in [9.17, 15) is 9.90 Å². The van der Waals surface area contributed by atoms with Crippen LogP contribution in [0.4, 0.5) is 0 Å². The first-order valence-electron chi connectivity index (χ1n) is 6.94. The third kappa shape index (κ3) is 3.22. The Kier molecular flexibility index (Phi) is 5.60. The van der Waals surface area contributed by atoms with E-state index in [1.807, 2.05) is 6.08 Å². The van der Waals surface area contributed by atoms with Gasteiger partial charge in [-0.15, -0.1) is 0 Å². The Bertz CT molecular complexity index is 335. The van der Waals surface area contributed by atoms with Crippen LogP contribution in [0.3, 0.4) is 0 Å². The summed E-state index contributed by atoms with van der Waals surface area (Å²) in [5, 5.41) is 10.8. The third-order valence-corrected chi connectivity index (χ3v) is 3.89. The van der Waals surface area contributed by atoms with Crippen LogP contribution in [0.2, 0.25) is 0 Å². The molecule has 1 amide bonds. The van der Waals surface area contributed by atoms with Crippen molar-refractivity contribution in [1.82, 2.24) is 0 Å². The number of hydrogen-bond donors (Lipinski definition) is 2. The van der Waals surface area contributed by atoms with Crippen molar-refractivity contribution < 1.29 is 9.90 Å². The Morgan fingerprint density at radius 2 is 2.11 bits per heavy atom. The van der Waals surface area contributed by atoms with Crippen molar-refractivity contribution in [2.24, 2.45) is 17.6 Å². The van der Waals surface area contributed by atoms with Crippen molar-refractivity contribution >= 4 is 5.91 Å². The maximum absolute atomic E-state index is 11.5. The number of primary amides is 1. The Morgan fingerprint density at radius 1 is 1.39 bits per heavy atom. The summed E-state index contributed by atoms with van der Waals surface area (Å²) in [7, 11) is 0. The number of unbranched alkanes of at least 4 members (excludes halogenated alkanes) is 2. The molecule has 0 aromatic heterocycles. The van der Waals surface area contributed by atoms with Crippen LogP contribution in [0.1, 0.15) is 46.0 Å². The molecule has 0 fully saturated rings. The molecule has 0 aromatic carbocycles. The minimum atomic E-state index is -1.11. The third-order valence-electron chi connectivity index (χ3n) is 3.89. The molecule has 0 radical (unpaired) electrons. The summed E-state index contributed by atoms with van der Waals surface area (Å²) in [4.78, 5) is 11.5. The van der Waals surface area contributed by atoms with Crippen molar-refractivity contribution in [3.05, 3.63) is 24.3 Å². The van der Waals surface area contributed by atoms with Crippen LogP contribution in [0.25, 0.3) is 0 Å². The number of carbonyl (C=O) groups is 1. The van der Waals surface area contributed by atoms with Crippen molar-refractivity contribution in [1.29, 1.82) is 0 Å². The van der Waals surface area contributed by atoms with E-state index in [-0.39, 0.29) is 5.92 Å². The molecule has 0 bridgehead atoms. The van der Waals surface area contributed by atoms with E-state index in [1.165, 1.54) is 0 Å². The number of carbonyl (C=O) groups excluding carboxylic acids is 1. The molecule has 0 saturated carbocycles. The molecule has 0 aliphatic heterocycles. The molecule has 0 saturated heterocycles. The van der Waals surface area contributed by atoms with E-state index in [0.29, 0.717) is 0 Å². The predicted molar refractivity (Wildman–Crippen MR) is 73.8 cm³/mol. The van der Waals surface area contributed by atoms with E-state index in [0.717, 1.165) is 32.1 Å². The summed E-state index contributed by atoms with van der Waals surface area (Å²) in [5.41, 5.74) is 4.30. The van der Waals surface area contributed by atoms with Gasteiger partial charge in [0.2, 0.25) is 5.91 Å². The van der Waals surface area contributed by atoms with Crippen molar-refractivity contribution in [2.45, 2.75) is 51.6 Å². The van der Waals surface area contributed by atoms with E-state index in [4.69, 9.17) is 5.73 Å². The average molecular weight is 251 g/mol. The Labute approximate surface area is 110 Å². The molecule has 1 aliphatic carbocycles. The second-order valence-electron chi connectivity index (χ2n) is 5.11. The van der Waals surface area contributed by atoms with Crippen molar-refractivity contribution in [2.75, 3.05) is 0 Å². The lowest BCUT2D eigenvalue weighted by Gasteiger charge is -2.38. The van der Waals surface area contributed by atoms with Crippen LogP contribution in [0.15, 0.2) is 24.3 Å². The zero-order chi connectivity index (χ0) is 13.6. The number of allylic oxidation sites excluding steroid dienone is 2. The highest BCUT2D eigenvalue weighted by atomic mass is 16.3. The predicted octanol–water partition coefficient (Wildman–Crippen LogP) is 2.55. The normalized spacial score (nSPS) is 28.3. The highest BCUT2D eigenvalue weighted by Crippen LogP contribution is 2.36. The van der Waals surface area contributed by atoms with Gasteiger partial charge in [-0.25, -0.2) is 0 Å². The molecular weight excluding hydrogens is 226 g/mol. The molecule has 0 heterocycles. The standard InChI is InChI=1S/C15H25NO2/c1-3-5-6-9-12(4-2)15(18)11-8-7-10-13(15)14(16)17/h7-8,10-13,18H,3-6,9H2,1-2H3,(H2,16,17). The van der Waals surface area contributed by atoms with Crippen LogP contribution in [-0.4, -0.2) is 16.6 Å². The van der Waals surface area contributed by atoms with Gasteiger partial charge < -0.3 is 10.8 Å². The first kappa shape index (κ1) is 15.0. The van der Waals surface area contributed by atoms with E-state index in [2.05, 4.69) is 13.8 Å². The number of nitrogens with two attached hydrogens (primary N) is 1. The smallest absolute Gasteiger partial charge is 0.227 e. The van der Waals surface area contributed by atoms with Crippen molar-refractivity contribution in [3.63, 3.8) is 0 Å². The van der Waals surface area contributed by atoms with Gasteiger partial charge in [0.1, 0.15) is 5.60 Å². The summed E-state index contributed by atoms with van der Waals surface area (Å²) >= 11 is 0. The fraction of sp³-hybridized carbons (Fsp3) is 0.667. The summed E-state index contributed by atoms with van der Waals surface area (Å²) in [6.45, 7) is 4.21. The van der Waals surface area contributed by atoms with Gasteiger partial charge >= 0.3 is 0 Å². The molecular formula is C15H25NO2. The Balaban J connectivity index is 2.82. The largest absolute Gasteiger partial charge is 0.384 e. The monoisotopic (exact) mass is 251 g/mol. The van der Waals surface area contributed by atoms with E-state index < -0.39 is 17.4 Å². The molecule has 3 heteroatoms. The number of aliphatic hydroxyl groups is 1. The molecule has 1 aliphatic rings. The SMILES string of the molecule is CCCCCC(CC)C1(O)C=CC=CC1C(N)=O. The molecule has 3 nitrogen and oxygen atoms in total.